The highest BCUT2D eigenvalue weighted by Gasteiger charge is 2.19. The highest BCUT2D eigenvalue weighted by atomic mass is 35.5. The first-order valence-corrected chi connectivity index (χ1v) is 9.50. The number of amides is 1. The molecule has 4 rings (SSSR count). The number of likely N-dealkylation sites (tertiary alicyclic amines) is 1. The zero-order valence-electron chi connectivity index (χ0n) is 15.0. The van der Waals surface area contributed by atoms with Gasteiger partial charge < -0.3 is 14.8 Å². The highest BCUT2D eigenvalue weighted by molar-refractivity contribution is 7.13. The summed E-state index contributed by atoms with van der Waals surface area (Å²) in [6, 6.07) is 4.06. The number of carbonyl (C=O) groups excluding carboxylic acids is 1. The zero-order valence-corrected chi connectivity index (χ0v) is 16.6. The Hall–Kier alpha value is -2.45. The lowest BCUT2D eigenvalue weighted by molar-refractivity contribution is -0.127. The number of halogens is 1. The normalized spacial score (nSPS) is 13.7. The maximum Gasteiger partial charge on any atom is 0.223 e. The van der Waals surface area contributed by atoms with E-state index in [2.05, 4.69) is 15.3 Å². The summed E-state index contributed by atoms with van der Waals surface area (Å²) in [5, 5.41) is 5.28. The predicted molar refractivity (Wildman–Crippen MR) is 109 cm³/mol. The van der Waals surface area contributed by atoms with Crippen LogP contribution in [0, 0.1) is 0 Å². The fourth-order valence-electron chi connectivity index (χ4n) is 3.10. The quantitative estimate of drug-likeness (QED) is 0.683. The molecule has 1 amide bonds. The minimum atomic E-state index is 0. The van der Waals surface area contributed by atoms with Gasteiger partial charge in [-0.25, -0.2) is 15.0 Å². The van der Waals surface area contributed by atoms with Gasteiger partial charge in [0.2, 0.25) is 11.9 Å². The first-order chi connectivity index (χ1) is 12.7. The Balaban J connectivity index is 0.00000210. The van der Waals surface area contributed by atoms with Crippen molar-refractivity contribution < 1.29 is 4.79 Å². The minimum Gasteiger partial charge on any atom is -0.352 e. The standard InChI is InChI=1S/C18H20N6OS.ClH/c1-23-9-6-19-17(23)13-12-21-18(22-16(13)14-4-3-11-26-14)20-7-10-24-8-2-5-15(24)25;/h3-4,6,9,11-12H,2,5,7-8,10H2,1H3,(H,20,21,22);1H. The molecule has 3 aromatic heterocycles. The summed E-state index contributed by atoms with van der Waals surface area (Å²) in [5.74, 6) is 1.64. The molecule has 1 fully saturated rings. The summed E-state index contributed by atoms with van der Waals surface area (Å²) in [4.78, 5) is 28.3. The number of aromatic nitrogens is 4. The lowest BCUT2D eigenvalue weighted by Crippen LogP contribution is -2.30. The molecule has 1 saturated heterocycles. The second-order valence-electron chi connectivity index (χ2n) is 6.21. The molecule has 0 saturated carbocycles. The molecule has 1 aliphatic rings. The first-order valence-electron chi connectivity index (χ1n) is 8.62. The van der Waals surface area contributed by atoms with E-state index >= 15 is 0 Å². The number of anilines is 1. The molecule has 0 aliphatic carbocycles. The van der Waals surface area contributed by atoms with E-state index in [1.54, 1.807) is 17.5 Å². The van der Waals surface area contributed by atoms with Crippen molar-refractivity contribution in [2.24, 2.45) is 7.05 Å². The van der Waals surface area contributed by atoms with E-state index in [9.17, 15) is 4.79 Å². The van der Waals surface area contributed by atoms with Crippen LogP contribution >= 0.6 is 23.7 Å². The lowest BCUT2D eigenvalue weighted by Gasteiger charge is -2.16. The molecule has 4 heterocycles. The smallest absolute Gasteiger partial charge is 0.223 e. The first kappa shape index (κ1) is 19.3. The molecule has 142 valence electrons. The van der Waals surface area contributed by atoms with Crippen molar-refractivity contribution in [2.45, 2.75) is 12.8 Å². The second kappa shape index (κ2) is 8.49. The number of hydrogen-bond donors (Lipinski definition) is 1. The average Bonchev–Trinajstić information content (AvgIpc) is 3.38. The van der Waals surface area contributed by atoms with Crippen LogP contribution in [0.15, 0.2) is 36.1 Å². The summed E-state index contributed by atoms with van der Waals surface area (Å²) in [7, 11) is 1.96. The van der Waals surface area contributed by atoms with E-state index in [-0.39, 0.29) is 18.3 Å². The van der Waals surface area contributed by atoms with E-state index in [1.165, 1.54) is 0 Å². The number of carbonyl (C=O) groups is 1. The lowest BCUT2D eigenvalue weighted by atomic mass is 10.2. The van der Waals surface area contributed by atoms with Gasteiger partial charge in [0.1, 0.15) is 5.82 Å². The monoisotopic (exact) mass is 404 g/mol. The molecule has 3 aromatic rings. The molecule has 0 atom stereocenters. The van der Waals surface area contributed by atoms with Gasteiger partial charge in [0.15, 0.2) is 0 Å². The Bertz CT molecular complexity index is 910. The minimum absolute atomic E-state index is 0. The Labute approximate surface area is 167 Å². The van der Waals surface area contributed by atoms with Gasteiger partial charge in [0.25, 0.3) is 0 Å². The van der Waals surface area contributed by atoms with Crippen molar-refractivity contribution in [3.05, 3.63) is 36.1 Å². The number of aryl methyl sites for hydroxylation is 1. The fourth-order valence-corrected chi connectivity index (χ4v) is 3.83. The van der Waals surface area contributed by atoms with Crippen molar-refractivity contribution in [2.75, 3.05) is 25.0 Å². The molecule has 0 aromatic carbocycles. The van der Waals surface area contributed by atoms with Gasteiger partial charge in [-0.1, -0.05) is 6.07 Å². The maximum absolute atomic E-state index is 11.7. The van der Waals surface area contributed by atoms with Gasteiger partial charge in [-0.05, 0) is 17.9 Å². The van der Waals surface area contributed by atoms with Crippen molar-refractivity contribution in [1.29, 1.82) is 0 Å². The number of imidazole rings is 1. The van der Waals surface area contributed by atoms with Crippen LogP contribution in [0.2, 0.25) is 0 Å². The Morgan fingerprint density at radius 3 is 2.89 bits per heavy atom. The molecule has 0 radical (unpaired) electrons. The SMILES string of the molecule is Cl.Cn1ccnc1-c1cnc(NCCN2CCCC2=O)nc1-c1cccs1. The van der Waals surface area contributed by atoms with Crippen molar-refractivity contribution in [1.82, 2.24) is 24.4 Å². The van der Waals surface area contributed by atoms with E-state index in [0.29, 0.717) is 25.5 Å². The van der Waals surface area contributed by atoms with E-state index < -0.39 is 0 Å². The van der Waals surface area contributed by atoms with Gasteiger partial charge in [-0.2, -0.15) is 0 Å². The van der Waals surface area contributed by atoms with E-state index in [0.717, 1.165) is 34.9 Å². The van der Waals surface area contributed by atoms with Gasteiger partial charge in [0.05, 0.1) is 16.1 Å². The van der Waals surface area contributed by atoms with Crippen LogP contribution < -0.4 is 5.32 Å². The summed E-state index contributed by atoms with van der Waals surface area (Å²) in [5.41, 5.74) is 1.77. The predicted octanol–water partition coefficient (Wildman–Crippen LogP) is 3.06. The van der Waals surface area contributed by atoms with Crippen molar-refractivity contribution in [3.63, 3.8) is 0 Å². The topological polar surface area (TPSA) is 75.9 Å². The van der Waals surface area contributed by atoms with Crippen LogP contribution in [0.1, 0.15) is 12.8 Å². The van der Waals surface area contributed by atoms with Crippen LogP contribution in [-0.2, 0) is 11.8 Å². The largest absolute Gasteiger partial charge is 0.352 e. The van der Waals surface area contributed by atoms with Gasteiger partial charge in [-0.15, -0.1) is 23.7 Å². The number of nitrogens with zero attached hydrogens (tertiary/aromatic N) is 5. The van der Waals surface area contributed by atoms with Gasteiger partial charge >= 0.3 is 0 Å². The molecular weight excluding hydrogens is 384 g/mol. The molecule has 1 aliphatic heterocycles. The van der Waals surface area contributed by atoms with Gasteiger partial charge in [0, 0.05) is 51.7 Å². The van der Waals surface area contributed by atoms with Crippen molar-refractivity contribution >= 4 is 35.6 Å². The van der Waals surface area contributed by atoms with E-state index in [1.807, 2.05) is 46.4 Å². The zero-order chi connectivity index (χ0) is 17.9. The molecule has 0 spiro atoms. The molecule has 7 nitrogen and oxygen atoms in total. The Kier molecular flexibility index (Phi) is 6.08. The molecule has 9 heteroatoms. The number of thiophene rings is 1. The third kappa shape index (κ3) is 4.12. The second-order valence-corrected chi connectivity index (χ2v) is 7.15. The Morgan fingerprint density at radius 1 is 1.33 bits per heavy atom. The fraction of sp³-hybridized carbons (Fsp3) is 0.333. The van der Waals surface area contributed by atoms with Crippen LogP contribution in [0.5, 0.6) is 0 Å². The molecule has 1 N–H and O–H groups in total. The summed E-state index contributed by atoms with van der Waals surface area (Å²) < 4.78 is 1.96. The molecule has 27 heavy (non-hydrogen) atoms. The average molecular weight is 405 g/mol. The Morgan fingerprint density at radius 2 is 2.22 bits per heavy atom. The number of nitrogens with one attached hydrogen (secondary N) is 1. The molecular formula is C18H21ClN6OS. The number of hydrogen-bond acceptors (Lipinski definition) is 6. The van der Waals surface area contributed by atoms with Gasteiger partial charge in [-0.3, -0.25) is 4.79 Å². The maximum atomic E-state index is 11.7. The third-order valence-electron chi connectivity index (χ3n) is 4.44. The molecule has 0 bridgehead atoms. The highest BCUT2D eigenvalue weighted by Crippen LogP contribution is 2.32. The molecule has 0 unspecified atom stereocenters. The summed E-state index contributed by atoms with van der Waals surface area (Å²) >= 11 is 1.64. The van der Waals surface area contributed by atoms with Crippen LogP contribution in [-0.4, -0.2) is 50.0 Å². The summed E-state index contributed by atoms with van der Waals surface area (Å²) in [6.07, 6.45) is 7.11. The number of rotatable bonds is 6. The van der Waals surface area contributed by atoms with E-state index in [4.69, 9.17) is 4.98 Å². The third-order valence-corrected chi connectivity index (χ3v) is 5.32. The van der Waals surface area contributed by atoms with Crippen LogP contribution in [0.4, 0.5) is 5.95 Å². The summed E-state index contributed by atoms with van der Waals surface area (Å²) in [6.45, 7) is 2.16. The van der Waals surface area contributed by atoms with Crippen molar-refractivity contribution in [3.8, 4) is 22.0 Å². The van der Waals surface area contributed by atoms with Crippen LogP contribution in [0.25, 0.3) is 22.0 Å². The van der Waals surface area contributed by atoms with Crippen LogP contribution in [0.3, 0.4) is 0 Å².